The third-order valence-corrected chi connectivity index (χ3v) is 9.67. The second-order valence-corrected chi connectivity index (χ2v) is 12.5. The van der Waals surface area contributed by atoms with Gasteiger partial charge in [0.05, 0.1) is 12.7 Å². The summed E-state index contributed by atoms with van der Waals surface area (Å²) < 4.78 is 8.66. The first-order valence-corrected chi connectivity index (χ1v) is 15.2. The zero-order chi connectivity index (χ0) is 25.9. The lowest BCUT2D eigenvalue weighted by Gasteiger charge is -2.38. The molecular weight excluding hydrogens is 459 g/mol. The van der Waals surface area contributed by atoms with E-state index in [-0.39, 0.29) is 8.07 Å². The predicted octanol–water partition coefficient (Wildman–Crippen LogP) is 8.80. The highest BCUT2D eigenvalue weighted by Gasteiger charge is 2.23. The van der Waals surface area contributed by atoms with Gasteiger partial charge in [-0.25, -0.2) is 0 Å². The Morgan fingerprint density at radius 2 is 1.64 bits per heavy atom. The van der Waals surface area contributed by atoms with Crippen LogP contribution in [0.2, 0.25) is 0 Å². The van der Waals surface area contributed by atoms with Crippen molar-refractivity contribution < 1.29 is 4.74 Å². The Balaban J connectivity index is 1.92. The molecule has 3 nitrogen and oxygen atoms in total. The number of aryl methyl sites for hydroxylation is 1. The molecule has 3 rings (SSSR count). The minimum atomic E-state index is -0.303. The fraction of sp³-hybridized carbons (Fsp3) is 0.469. The van der Waals surface area contributed by atoms with Crippen molar-refractivity contribution >= 4 is 18.8 Å². The van der Waals surface area contributed by atoms with E-state index in [1.54, 1.807) is 0 Å². The predicted molar refractivity (Wildman–Crippen MR) is 157 cm³/mol. The van der Waals surface area contributed by atoms with Crippen LogP contribution in [0, 0.1) is 11.3 Å². The largest absolute Gasteiger partial charge is 0.377 e. The quantitative estimate of drug-likeness (QED) is 0.163. The van der Waals surface area contributed by atoms with Crippen molar-refractivity contribution in [1.82, 2.24) is 4.67 Å². The molecule has 0 aliphatic heterocycles. The van der Waals surface area contributed by atoms with Gasteiger partial charge >= 0.3 is 0 Å². The highest BCUT2D eigenvalue weighted by Crippen LogP contribution is 2.45. The van der Waals surface area contributed by atoms with Gasteiger partial charge < -0.3 is 4.74 Å². The summed E-state index contributed by atoms with van der Waals surface area (Å²) in [6.45, 7) is 12.8. The van der Waals surface area contributed by atoms with Crippen LogP contribution in [-0.4, -0.2) is 35.7 Å². The summed E-state index contributed by atoms with van der Waals surface area (Å²) in [7, 11) is -0.303. The van der Waals surface area contributed by atoms with Gasteiger partial charge in [0.25, 0.3) is 0 Å². The van der Waals surface area contributed by atoms with Gasteiger partial charge in [0.2, 0.25) is 0 Å². The van der Waals surface area contributed by atoms with E-state index in [2.05, 4.69) is 106 Å². The fourth-order valence-electron chi connectivity index (χ4n) is 5.15. The van der Waals surface area contributed by atoms with Crippen LogP contribution < -0.4 is 0 Å². The first kappa shape index (κ1) is 28.3. The molecule has 0 spiro atoms. The smallest absolute Gasteiger partial charge is 0.0717 e. The highest BCUT2D eigenvalue weighted by atomic mass is 31.1. The van der Waals surface area contributed by atoms with E-state index in [1.807, 2.05) is 0 Å². The Hall–Kier alpha value is -2.24. The van der Waals surface area contributed by atoms with Gasteiger partial charge in [-0.3, -0.25) is 4.67 Å². The fourth-order valence-corrected chi connectivity index (χ4v) is 8.18. The van der Waals surface area contributed by atoms with Crippen LogP contribution in [0.1, 0.15) is 65.0 Å². The van der Waals surface area contributed by atoms with Crippen LogP contribution in [-0.2, 0) is 17.8 Å². The lowest BCUT2D eigenvalue weighted by Crippen LogP contribution is -2.34. The third kappa shape index (κ3) is 7.88. The van der Waals surface area contributed by atoms with E-state index in [9.17, 15) is 0 Å². The van der Waals surface area contributed by atoms with Crippen LogP contribution in [0.5, 0.6) is 0 Å². The van der Waals surface area contributed by atoms with Gasteiger partial charge in [-0.2, -0.15) is 5.26 Å². The molecule has 1 atom stereocenters. The number of hydrogen-bond acceptors (Lipinski definition) is 3. The highest BCUT2D eigenvalue weighted by molar-refractivity contribution is 7.55. The van der Waals surface area contributed by atoms with Crippen LogP contribution >= 0.6 is 8.07 Å². The molecule has 0 heterocycles. The van der Waals surface area contributed by atoms with Crippen molar-refractivity contribution in [2.24, 2.45) is 0 Å². The summed E-state index contributed by atoms with van der Waals surface area (Å²) in [6.07, 6.45) is 6.01. The lowest BCUT2D eigenvalue weighted by atomic mass is 9.95. The van der Waals surface area contributed by atoms with E-state index in [0.29, 0.717) is 25.1 Å². The van der Waals surface area contributed by atoms with Crippen molar-refractivity contribution in [3.8, 4) is 17.2 Å². The van der Waals surface area contributed by atoms with Gasteiger partial charge in [-0.15, -0.1) is 0 Å². The molecule has 0 fully saturated rings. The molecule has 0 aromatic heterocycles. The number of nitriles is 1. The molecule has 0 bridgehead atoms. The number of nitrogens with zero attached hydrogens (tertiary/aromatic N) is 2. The maximum Gasteiger partial charge on any atom is 0.0717 e. The molecule has 0 aliphatic carbocycles. The van der Waals surface area contributed by atoms with Crippen molar-refractivity contribution in [2.75, 3.05) is 18.9 Å². The van der Waals surface area contributed by atoms with Crippen molar-refractivity contribution in [2.45, 2.75) is 79.0 Å². The van der Waals surface area contributed by atoms with E-state index >= 15 is 0 Å². The molecule has 0 saturated heterocycles. The van der Waals surface area contributed by atoms with Gasteiger partial charge in [0, 0.05) is 25.1 Å². The van der Waals surface area contributed by atoms with Crippen LogP contribution in [0.3, 0.4) is 0 Å². The molecule has 4 heteroatoms. The standard InChI is InChI=1S/C32H43N2OP/c1-6-18-35-24-28-21-27(16-20-36(19-10-9-17-33)34(25(2)3)26(4)5)22-30(23-28)32-15-11-13-29-12-7-8-14-31(29)32/h7-8,11-15,21-23,25-26H,6,9-10,16,18-20,24H2,1-5H3. The van der Waals surface area contributed by atoms with Gasteiger partial charge in [0.1, 0.15) is 0 Å². The average Bonchev–Trinajstić information content (AvgIpc) is 2.86. The minimum Gasteiger partial charge on any atom is -0.377 e. The second kappa shape index (κ2) is 14.5. The van der Waals surface area contributed by atoms with E-state index in [0.717, 1.165) is 38.2 Å². The van der Waals surface area contributed by atoms with Crippen LogP contribution in [0.4, 0.5) is 0 Å². The van der Waals surface area contributed by atoms with Gasteiger partial charge in [0.15, 0.2) is 0 Å². The van der Waals surface area contributed by atoms with Crippen molar-refractivity contribution in [3.05, 3.63) is 71.8 Å². The van der Waals surface area contributed by atoms with Crippen molar-refractivity contribution in [3.63, 3.8) is 0 Å². The summed E-state index contributed by atoms with van der Waals surface area (Å²) in [4.78, 5) is 0. The molecular formula is C32H43N2OP. The number of ether oxygens (including phenoxy) is 1. The molecule has 192 valence electrons. The Labute approximate surface area is 220 Å². The SMILES string of the molecule is CCCOCc1cc(CCP(CCCC#N)N(C(C)C)C(C)C)cc(-c2cccc3ccccc23)c1. The summed E-state index contributed by atoms with van der Waals surface area (Å²) in [5.74, 6) is 0. The molecule has 3 aromatic rings. The Morgan fingerprint density at radius 3 is 2.36 bits per heavy atom. The zero-order valence-electron chi connectivity index (χ0n) is 22.8. The van der Waals surface area contributed by atoms with E-state index in [1.165, 1.54) is 33.0 Å². The number of unbranched alkanes of at least 4 members (excludes halogenated alkanes) is 1. The summed E-state index contributed by atoms with van der Waals surface area (Å²) >= 11 is 0. The lowest BCUT2D eigenvalue weighted by molar-refractivity contribution is 0.121. The molecule has 0 N–H and O–H groups in total. The second-order valence-electron chi connectivity index (χ2n) is 10.2. The van der Waals surface area contributed by atoms with Crippen LogP contribution in [0.25, 0.3) is 21.9 Å². The topological polar surface area (TPSA) is 36.3 Å². The molecule has 36 heavy (non-hydrogen) atoms. The van der Waals surface area contributed by atoms with Crippen LogP contribution in [0.15, 0.2) is 60.7 Å². The summed E-state index contributed by atoms with van der Waals surface area (Å²) in [6, 6.07) is 25.7. The van der Waals surface area contributed by atoms with Gasteiger partial charge in [-0.05, 0) is 106 Å². The molecule has 3 aromatic carbocycles. The molecule has 1 unspecified atom stereocenters. The van der Waals surface area contributed by atoms with E-state index < -0.39 is 0 Å². The summed E-state index contributed by atoms with van der Waals surface area (Å²) in [5.41, 5.74) is 5.20. The number of benzene rings is 3. The van der Waals surface area contributed by atoms with Crippen molar-refractivity contribution in [1.29, 1.82) is 5.26 Å². The maximum atomic E-state index is 9.11. The Kier molecular flexibility index (Phi) is 11.4. The minimum absolute atomic E-state index is 0.303. The first-order valence-electron chi connectivity index (χ1n) is 13.5. The summed E-state index contributed by atoms with van der Waals surface area (Å²) in [5, 5.41) is 11.7. The number of rotatable bonds is 14. The van der Waals surface area contributed by atoms with Gasteiger partial charge in [-0.1, -0.05) is 61.5 Å². The molecule has 0 radical (unpaired) electrons. The normalized spacial score (nSPS) is 12.5. The zero-order valence-corrected chi connectivity index (χ0v) is 23.7. The van der Waals surface area contributed by atoms with E-state index in [4.69, 9.17) is 10.00 Å². The third-order valence-electron chi connectivity index (χ3n) is 6.52. The first-order chi connectivity index (χ1) is 17.4. The average molecular weight is 503 g/mol. The number of fused-ring (bicyclic) bond motifs is 1. The Morgan fingerprint density at radius 1 is 0.917 bits per heavy atom. The molecule has 0 aliphatic rings. The Bertz CT molecular complexity index is 1120. The monoisotopic (exact) mass is 502 g/mol. The maximum absolute atomic E-state index is 9.11. The molecule has 0 saturated carbocycles. The number of hydrogen-bond donors (Lipinski definition) is 0. The molecule has 0 amide bonds.